The Labute approximate surface area is 156 Å². The number of methoxy groups -OCH3 is 1. The molecule has 0 aromatic heterocycles. The smallest absolute Gasteiger partial charge is 0.307 e. The molecule has 1 fully saturated rings. The number of guanidine groups is 1. The number of ether oxygens (including phenoxy) is 2. The van der Waals surface area contributed by atoms with Gasteiger partial charge in [-0.3, -0.25) is 9.79 Å². The lowest BCUT2D eigenvalue weighted by atomic mass is 10.1. The normalized spacial score (nSPS) is 16.0. The number of hydrogen-bond acceptors (Lipinski definition) is 4. The molecule has 1 aromatic carbocycles. The summed E-state index contributed by atoms with van der Waals surface area (Å²) in [6.45, 7) is 2.29. The third-order valence-corrected chi connectivity index (χ3v) is 4.81. The summed E-state index contributed by atoms with van der Waals surface area (Å²) in [5, 5.41) is 3.21. The van der Waals surface area contributed by atoms with Crippen LogP contribution in [0, 0.1) is 3.57 Å². The lowest BCUT2D eigenvalue weighted by molar-refractivity contribution is -0.140. The Morgan fingerprint density at radius 1 is 1.38 bits per heavy atom. The van der Waals surface area contributed by atoms with Gasteiger partial charge < -0.3 is 19.7 Å². The quantitative estimate of drug-likeness (QED) is 0.326. The van der Waals surface area contributed by atoms with Crippen LogP contribution >= 0.6 is 22.6 Å². The highest BCUT2D eigenvalue weighted by Crippen LogP contribution is 2.24. The molecule has 0 aliphatic carbocycles. The van der Waals surface area contributed by atoms with Crippen LogP contribution in [-0.4, -0.2) is 56.7 Å². The van der Waals surface area contributed by atoms with Crippen molar-refractivity contribution in [2.75, 3.05) is 33.8 Å². The van der Waals surface area contributed by atoms with Crippen molar-refractivity contribution < 1.29 is 14.3 Å². The van der Waals surface area contributed by atoms with E-state index in [1.165, 1.54) is 7.11 Å². The van der Waals surface area contributed by atoms with Crippen LogP contribution in [0.4, 0.5) is 0 Å². The number of nitrogens with zero attached hydrogens (tertiary/aromatic N) is 2. The van der Waals surface area contributed by atoms with E-state index >= 15 is 0 Å². The van der Waals surface area contributed by atoms with Crippen LogP contribution in [-0.2, 0) is 9.53 Å². The van der Waals surface area contributed by atoms with E-state index in [-0.39, 0.29) is 12.1 Å². The summed E-state index contributed by atoms with van der Waals surface area (Å²) >= 11 is 2.30. The predicted molar refractivity (Wildman–Crippen MR) is 102 cm³/mol. The molecule has 0 atom stereocenters. The van der Waals surface area contributed by atoms with E-state index in [2.05, 4.69) is 48.6 Å². The molecule has 0 amide bonds. The van der Waals surface area contributed by atoms with Crippen LogP contribution in [0.5, 0.6) is 5.75 Å². The van der Waals surface area contributed by atoms with Crippen molar-refractivity contribution in [1.29, 1.82) is 0 Å². The lowest BCUT2D eigenvalue weighted by Crippen LogP contribution is -2.47. The molecule has 2 rings (SSSR count). The van der Waals surface area contributed by atoms with Gasteiger partial charge in [-0.15, -0.1) is 0 Å². The average molecular weight is 445 g/mol. The van der Waals surface area contributed by atoms with Gasteiger partial charge in [0.05, 0.1) is 17.1 Å². The van der Waals surface area contributed by atoms with E-state index in [0.717, 1.165) is 41.2 Å². The van der Waals surface area contributed by atoms with Gasteiger partial charge in [-0.1, -0.05) is 12.1 Å². The molecule has 6 nitrogen and oxygen atoms in total. The summed E-state index contributed by atoms with van der Waals surface area (Å²) in [6.07, 6.45) is 2.46. The number of likely N-dealkylation sites (tertiary alicyclic amines) is 1. The van der Waals surface area contributed by atoms with Gasteiger partial charge in [-0.05, 0) is 34.7 Å². The molecule has 1 saturated heterocycles. The highest BCUT2D eigenvalue weighted by atomic mass is 127. The summed E-state index contributed by atoms with van der Waals surface area (Å²) in [6, 6.07) is 8.08. The summed E-state index contributed by atoms with van der Waals surface area (Å²) in [4.78, 5) is 17.7. The first-order chi connectivity index (χ1) is 11.6. The predicted octanol–water partition coefficient (Wildman–Crippen LogP) is 2.27. The van der Waals surface area contributed by atoms with Crippen molar-refractivity contribution in [2.45, 2.75) is 25.4 Å². The van der Waals surface area contributed by atoms with Gasteiger partial charge in [-0.25, -0.2) is 0 Å². The number of carbonyl (C=O) groups is 1. The Morgan fingerprint density at radius 2 is 2.08 bits per heavy atom. The second-order valence-electron chi connectivity index (χ2n) is 5.53. The van der Waals surface area contributed by atoms with Gasteiger partial charge in [0.1, 0.15) is 11.9 Å². The van der Waals surface area contributed by atoms with Gasteiger partial charge in [0.15, 0.2) is 5.96 Å². The number of esters is 1. The van der Waals surface area contributed by atoms with Crippen LogP contribution in [0.25, 0.3) is 0 Å². The standard InChI is InChI=1S/C17H24IN3O3/c1-19-17(20-10-7-16(22)23-2)21-11-8-13(9-12-21)24-15-6-4-3-5-14(15)18/h3-6,13H,7-12H2,1-2H3,(H,19,20). The molecule has 1 heterocycles. The zero-order chi connectivity index (χ0) is 17.4. The van der Waals surface area contributed by atoms with Crippen LogP contribution < -0.4 is 10.1 Å². The van der Waals surface area contributed by atoms with Gasteiger partial charge in [0, 0.05) is 39.5 Å². The molecular formula is C17H24IN3O3. The van der Waals surface area contributed by atoms with Crippen LogP contribution in [0.2, 0.25) is 0 Å². The Morgan fingerprint density at radius 3 is 2.71 bits per heavy atom. The van der Waals surface area contributed by atoms with E-state index in [0.29, 0.717) is 13.0 Å². The average Bonchev–Trinajstić information content (AvgIpc) is 2.61. The number of rotatable bonds is 5. The summed E-state index contributed by atoms with van der Waals surface area (Å²) in [7, 11) is 3.16. The summed E-state index contributed by atoms with van der Waals surface area (Å²) in [5.74, 6) is 1.56. The third kappa shape index (κ3) is 5.54. The molecule has 0 bridgehead atoms. The van der Waals surface area contributed by atoms with Crippen molar-refractivity contribution in [3.63, 3.8) is 0 Å². The summed E-state index contributed by atoms with van der Waals surface area (Å²) in [5.41, 5.74) is 0. The van der Waals surface area contributed by atoms with E-state index in [9.17, 15) is 4.79 Å². The second kappa shape index (κ2) is 9.71. The summed E-state index contributed by atoms with van der Waals surface area (Å²) < 4.78 is 11.9. The number of carbonyl (C=O) groups excluding carboxylic acids is 1. The maximum absolute atomic E-state index is 11.2. The highest BCUT2D eigenvalue weighted by Gasteiger charge is 2.23. The van der Waals surface area contributed by atoms with Gasteiger partial charge in [0.25, 0.3) is 0 Å². The fourth-order valence-corrected chi connectivity index (χ4v) is 3.13. The molecule has 1 N–H and O–H groups in total. The molecule has 1 aliphatic heterocycles. The molecule has 0 radical (unpaired) electrons. The van der Waals surface area contributed by atoms with E-state index in [4.69, 9.17) is 4.74 Å². The topological polar surface area (TPSA) is 63.2 Å². The molecular weight excluding hydrogens is 421 g/mol. The largest absolute Gasteiger partial charge is 0.489 e. The van der Waals surface area contributed by atoms with Crippen LogP contribution in [0.3, 0.4) is 0 Å². The highest BCUT2D eigenvalue weighted by molar-refractivity contribution is 14.1. The minimum atomic E-state index is -0.220. The Kier molecular flexibility index (Phi) is 7.61. The van der Waals surface area contributed by atoms with Crippen molar-refractivity contribution in [2.24, 2.45) is 4.99 Å². The van der Waals surface area contributed by atoms with Crippen molar-refractivity contribution in [3.05, 3.63) is 27.8 Å². The van der Waals surface area contributed by atoms with Crippen molar-refractivity contribution >= 4 is 34.5 Å². The van der Waals surface area contributed by atoms with Crippen molar-refractivity contribution in [1.82, 2.24) is 10.2 Å². The molecule has 0 unspecified atom stereocenters. The number of nitrogens with one attached hydrogen (secondary N) is 1. The monoisotopic (exact) mass is 445 g/mol. The SMILES string of the molecule is CN=C(NCCC(=O)OC)N1CCC(Oc2ccccc2I)CC1. The first-order valence-corrected chi connectivity index (χ1v) is 9.15. The second-order valence-corrected chi connectivity index (χ2v) is 6.70. The number of piperidine rings is 1. The van der Waals surface area contributed by atoms with E-state index < -0.39 is 0 Å². The maximum atomic E-state index is 11.2. The van der Waals surface area contributed by atoms with Crippen LogP contribution in [0.15, 0.2) is 29.3 Å². The third-order valence-electron chi connectivity index (χ3n) is 3.92. The molecule has 1 aliphatic rings. The van der Waals surface area contributed by atoms with E-state index in [1.54, 1.807) is 7.05 Å². The zero-order valence-corrected chi connectivity index (χ0v) is 16.3. The first-order valence-electron chi connectivity index (χ1n) is 8.07. The number of hydrogen-bond donors (Lipinski definition) is 1. The molecule has 0 saturated carbocycles. The van der Waals surface area contributed by atoms with Gasteiger partial charge in [-0.2, -0.15) is 0 Å². The zero-order valence-electron chi connectivity index (χ0n) is 14.1. The fourth-order valence-electron chi connectivity index (χ4n) is 2.62. The molecule has 24 heavy (non-hydrogen) atoms. The molecule has 7 heteroatoms. The Balaban J connectivity index is 1.78. The van der Waals surface area contributed by atoms with E-state index in [1.807, 2.05) is 18.2 Å². The minimum absolute atomic E-state index is 0.220. The molecule has 132 valence electrons. The number of para-hydroxylation sites is 1. The number of aliphatic imine (C=N–C) groups is 1. The lowest BCUT2D eigenvalue weighted by Gasteiger charge is -2.34. The van der Waals surface area contributed by atoms with Crippen LogP contribution in [0.1, 0.15) is 19.3 Å². The molecule has 0 spiro atoms. The Hall–Kier alpha value is -1.51. The number of halogens is 1. The maximum Gasteiger partial charge on any atom is 0.307 e. The van der Waals surface area contributed by atoms with Crippen molar-refractivity contribution in [3.8, 4) is 5.75 Å². The number of benzene rings is 1. The Bertz CT molecular complexity index is 572. The molecule has 1 aromatic rings. The van der Waals surface area contributed by atoms with Gasteiger partial charge >= 0.3 is 5.97 Å². The fraction of sp³-hybridized carbons (Fsp3) is 0.529. The first kappa shape index (κ1) is 18.8. The van der Waals surface area contributed by atoms with Gasteiger partial charge in [0.2, 0.25) is 0 Å². The minimum Gasteiger partial charge on any atom is -0.489 e.